The SMILES string of the molecule is O=NN1c2ccccc2C(=O)C1c1ccccc1. The largest absolute Gasteiger partial charge is 0.291 e. The van der Waals surface area contributed by atoms with Crippen LogP contribution in [0.3, 0.4) is 0 Å². The first-order valence-corrected chi connectivity index (χ1v) is 5.63. The summed E-state index contributed by atoms with van der Waals surface area (Å²) < 4.78 is 0. The number of benzene rings is 2. The van der Waals surface area contributed by atoms with Crippen LogP contribution in [0.4, 0.5) is 5.69 Å². The van der Waals surface area contributed by atoms with Crippen molar-refractivity contribution in [3.8, 4) is 0 Å². The fourth-order valence-corrected chi connectivity index (χ4v) is 2.30. The second-order valence-electron chi connectivity index (χ2n) is 4.12. The van der Waals surface area contributed by atoms with Crippen LogP contribution in [0.15, 0.2) is 59.9 Å². The number of anilines is 1. The standard InChI is InChI=1S/C14H10N2O2/c17-14-11-8-4-5-9-12(11)16(15-18)13(14)10-6-2-1-3-7-10/h1-9,13H. The van der Waals surface area contributed by atoms with Gasteiger partial charge < -0.3 is 0 Å². The molecule has 2 aromatic rings. The van der Waals surface area contributed by atoms with E-state index in [0.29, 0.717) is 11.3 Å². The number of fused-ring (bicyclic) bond motifs is 1. The Morgan fingerprint density at radius 1 is 0.944 bits per heavy atom. The number of para-hydroxylation sites is 1. The Morgan fingerprint density at radius 2 is 1.61 bits per heavy atom. The number of carbonyl (C=O) groups excluding carboxylic acids is 1. The van der Waals surface area contributed by atoms with E-state index in [2.05, 4.69) is 5.29 Å². The number of ketones is 1. The van der Waals surface area contributed by atoms with Gasteiger partial charge in [0.25, 0.3) is 0 Å². The summed E-state index contributed by atoms with van der Waals surface area (Å²) in [4.78, 5) is 23.3. The Kier molecular flexibility index (Phi) is 2.41. The van der Waals surface area contributed by atoms with Crippen molar-refractivity contribution < 1.29 is 4.79 Å². The Morgan fingerprint density at radius 3 is 2.33 bits per heavy atom. The highest BCUT2D eigenvalue weighted by Crippen LogP contribution is 2.40. The highest BCUT2D eigenvalue weighted by atomic mass is 16.3. The van der Waals surface area contributed by atoms with Gasteiger partial charge >= 0.3 is 0 Å². The van der Waals surface area contributed by atoms with Crippen LogP contribution < -0.4 is 5.01 Å². The van der Waals surface area contributed by atoms with Gasteiger partial charge in [0.05, 0.1) is 11.0 Å². The van der Waals surface area contributed by atoms with Crippen LogP contribution in [-0.4, -0.2) is 5.78 Å². The van der Waals surface area contributed by atoms with E-state index >= 15 is 0 Å². The summed E-state index contributed by atoms with van der Waals surface area (Å²) in [5.41, 5.74) is 1.90. The van der Waals surface area contributed by atoms with Crippen LogP contribution in [0.1, 0.15) is 22.0 Å². The smallest absolute Gasteiger partial charge is 0.194 e. The average Bonchev–Trinajstić information content (AvgIpc) is 2.73. The van der Waals surface area contributed by atoms with Gasteiger partial charge in [-0.25, -0.2) is 5.01 Å². The summed E-state index contributed by atoms with van der Waals surface area (Å²) >= 11 is 0. The minimum absolute atomic E-state index is 0.0867. The third-order valence-electron chi connectivity index (χ3n) is 3.11. The molecule has 0 aromatic heterocycles. The van der Waals surface area contributed by atoms with Gasteiger partial charge in [-0.05, 0) is 17.7 Å². The van der Waals surface area contributed by atoms with Crippen LogP contribution in [0.25, 0.3) is 0 Å². The minimum Gasteiger partial charge on any atom is -0.291 e. The summed E-state index contributed by atoms with van der Waals surface area (Å²) in [5.74, 6) is -0.0867. The number of rotatable bonds is 2. The zero-order valence-corrected chi connectivity index (χ0v) is 9.48. The first kappa shape index (κ1) is 10.7. The van der Waals surface area contributed by atoms with Gasteiger partial charge in [0.1, 0.15) is 6.04 Å². The molecule has 0 amide bonds. The van der Waals surface area contributed by atoms with Crippen molar-refractivity contribution in [1.29, 1.82) is 0 Å². The summed E-state index contributed by atoms with van der Waals surface area (Å²) in [6, 6.07) is 15.6. The Hall–Kier alpha value is -2.49. The highest BCUT2D eigenvalue weighted by Gasteiger charge is 2.39. The van der Waals surface area contributed by atoms with Crippen LogP contribution in [0.5, 0.6) is 0 Å². The van der Waals surface area contributed by atoms with E-state index in [1.807, 2.05) is 30.3 Å². The zero-order valence-electron chi connectivity index (χ0n) is 9.48. The molecule has 0 saturated heterocycles. The Bertz CT molecular complexity index is 610. The van der Waals surface area contributed by atoms with Crippen molar-refractivity contribution in [3.63, 3.8) is 0 Å². The van der Waals surface area contributed by atoms with Crippen molar-refractivity contribution in [2.45, 2.75) is 6.04 Å². The predicted molar refractivity (Wildman–Crippen MR) is 68.2 cm³/mol. The fraction of sp³-hybridized carbons (Fsp3) is 0.0714. The van der Waals surface area contributed by atoms with Gasteiger partial charge in [-0.1, -0.05) is 42.5 Å². The number of hydrogen-bond acceptors (Lipinski definition) is 3. The molecule has 0 fully saturated rings. The monoisotopic (exact) mass is 238 g/mol. The third-order valence-corrected chi connectivity index (χ3v) is 3.11. The second kappa shape index (κ2) is 4.07. The second-order valence-corrected chi connectivity index (χ2v) is 4.12. The molecule has 1 heterocycles. The minimum atomic E-state index is -0.638. The molecule has 0 radical (unpaired) electrons. The quantitative estimate of drug-likeness (QED) is 0.755. The molecule has 0 N–H and O–H groups in total. The van der Waals surface area contributed by atoms with Crippen molar-refractivity contribution in [1.82, 2.24) is 0 Å². The molecule has 0 aliphatic carbocycles. The van der Waals surface area contributed by atoms with Crippen LogP contribution >= 0.6 is 0 Å². The van der Waals surface area contributed by atoms with Gasteiger partial charge in [-0.2, -0.15) is 0 Å². The number of hydrogen-bond donors (Lipinski definition) is 0. The molecular weight excluding hydrogens is 228 g/mol. The Balaban J connectivity index is 2.14. The van der Waals surface area contributed by atoms with E-state index < -0.39 is 6.04 Å². The molecule has 0 spiro atoms. The number of carbonyl (C=O) groups is 1. The normalized spacial score (nSPS) is 17.7. The lowest BCUT2D eigenvalue weighted by Gasteiger charge is -2.17. The van der Waals surface area contributed by atoms with E-state index in [9.17, 15) is 9.70 Å². The maximum Gasteiger partial charge on any atom is 0.194 e. The van der Waals surface area contributed by atoms with Crippen LogP contribution in [-0.2, 0) is 0 Å². The number of Topliss-reactive ketones (excluding diaryl/α,β-unsaturated/α-hetero) is 1. The van der Waals surface area contributed by atoms with Gasteiger partial charge in [0, 0.05) is 5.56 Å². The van der Waals surface area contributed by atoms with E-state index in [-0.39, 0.29) is 5.78 Å². The maximum atomic E-state index is 12.3. The molecule has 0 saturated carbocycles. The molecule has 1 atom stereocenters. The summed E-state index contributed by atoms with van der Waals surface area (Å²) in [6.45, 7) is 0. The van der Waals surface area contributed by atoms with E-state index in [0.717, 1.165) is 5.56 Å². The molecule has 2 aromatic carbocycles. The molecule has 4 heteroatoms. The van der Waals surface area contributed by atoms with Crippen molar-refractivity contribution in [2.24, 2.45) is 5.29 Å². The summed E-state index contributed by atoms with van der Waals surface area (Å²) in [5, 5.41) is 4.24. The summed E-state index contributed by atoms with van der Waals surface area (Å²) in [6.07, 6.45) is 0. The molecule has 1 aliphatic heterocycles. The zero-order chi connectivity index (χ0) is 12.5. The van der Waals surface area contributed by atoms with Gasteiger partial charge in [-0.3, -0.25) is 4.79 Å². The van der Waals surface area contributed by atoms with Gasteiger partial charge in [0.2, 0.25) is 0 Å². The third kappa shape index (κ3) is 1.43. The van der Waals surface area contributed by atoms with Crippen LogP contribution in [0, 0.1) is 4.91 Å². The number of nitrogens with zero attached hydrogens (tertiary/aromatic N) is 2. The van der Waals surface area contributed by atoms with Crippen LogP contribution in [0.2, 0.25) is 0 Å². The molecule has 3 rings (SSSR count). The molecule has 88 valence electrons. The Labute approximate surface area is 104 Å². The van der Waals surface area contributed by atoms with Gasteiger partial charge in [-0.15, -0.1) is 4.91 Å². The number of nitroso groups, excluding NO2 is 1. The fourth-order valence-electron chi connectivity index (χ4n) is 2.30. The molecule has 4 nitrogen and oxygen atoms in total. The van der Waals surface area contributed by atoms with Crippen molar-refractivity contribution in [2.75, 3.05) is 5.01 Å². The van der Waals surface area contributed by atoms with E-state index in [1.54, 1.807) is 24.3 Å². The molecule has 1 unspecified atom stereocenters. The molecule has 0 bridgehead atoms. The molecular formula is C14H10N2O2. The average molecular weight is 238 g/mol. The lowest BCUT2D eigenvalue weighted by molar-refractivity contribution is 0.0971. The van der Waals surface area contributed by atoms with Gasteiger partial charge in [0.15, 0.2) is 5.78 Å². The van der Waals surface area contributed by atoms with E-state index in [4.69, 9.17) is 0 Å². The first-order valence-electron chi connectivity index (χ1n) is 5.63. The maximum absolute atomic E-state index is 12.3. The van der Waals surface area contributed by atoms with Crippen molar-refractivity contribution >= 4 is 11.5 Å². The summed E-state index contributed by atoms with van der Waals surface area (Å²) in [7, 11) is 0. The van der Waals surface area contributed by atoms with E-state index in [1.165, 1.54) is 5.01 Å². The highest BCUT2D eigenvalue weighted by molar-refractivity contribution is 6.11. The predicted octanol–water partition coefficient (Wildman–Crippen LogP) is 3.11. The first-order chi connectivity index (χ1) is 8.83. The lowest BCUT2D eigenvalue weighted by Crippen LogP contribution is -2.21. The molecule has 18 heavy (non-hydrogen) atoms. The lowest BCUT2D eigenvalue weighted by atomic mass is 10.0. The van der Waals surface area contributed by atoms with Crippen molar-refractivity contribution in [3.05, 3.63) is 70.6 Å². The topological polar surface area (TPSA) is 49.7 Å². The molecule has 1 aliphatic rings.